The maximum absolute atomic E-state index is 11.9. The molecule has 3 rings (SSSR count). The van der Waals surface area contributed by atoms with Gasteiger partial charge in [0, 0.05) is 24.8 Å². The zero-order chi connectivity index (χ0) is 12.5. The highest BCUT2D eigenvalue weighted by Gasteiger charge is 2.34. The van der Waals surface area contributed by atoms with E-state index in [1.165, 1.54) is 25.8 Å². The molecule has 98 valence electrons. The SMILES string of the molecule is Cc1[nH]ncc1C(=O)NCC1CCN(C2CC2)C1. The molecule has 0 aromatic carbocycles. The summed E-state index contributed by atoms with van der Waals surface area (Å²) < 4.78 is 0. The molecule has 5 nitrogen and oxygen atoms in total. The van der Waals surface area contributed by atoms with Crippen LogP contribution in [0.3, 0.4) is 0 Å². The van der Waals surface area contributed by atoms with E-state index in [1.54, 1.807) is 6.20 Å². The molecule has 1 saturated heterocycles. The number of amides is 1. The number of hydrogen-bond donors (Lipinski definition) is 2. The first-order chi connectivity index (χ1) is 8.74. The van der Waals surface area contributed by atoms with E-state index in [0.717, 1.165) is 24.8 Å². The molecule has 2 fully saturated rings. The quantitative estimate of drug-likeness (QED) is 0.833. The molecule has 0 bridgehead atoms. The highest BCUT2D eigenvalue weighted by molar-refractivity contribution is 5.94. The maximum Gasteiger partial charge on any atom is 0.254 e. The Hall–Kier alpha value is -1.36. The number of aromatic nitrogens is 2. The third kappa shape index (κ3) is 2.41. The zero-order valence-corrected chi connectivity index (χ0v) is 10.8. The standard InChI is InChI=1S/C13H20N4O/c1-9-12(7-15-16-9)13(18)14-6-10-4-5-17(8-10)11-2-3-11/h7,10-11H,2-6,8H2,1H3,(H,14,18)(H,15,16). The summed E-state index contributed by atoms with van der Waals surface area (Å²) in [6.07, 6.45) is 5.54. The number of carbonyl (C=O) groups excluding carboxylic acids is 1. The van der Waals surface area contributed by atoms with Crippen molar-refractivity contribution >= 4 is 5.91 Å². The molecule has 1 aromatic rings. The van der Waals surface area contributed by atoms with Crippen molar-refractivity contribution in [3.05, 3.63) is 17.5 Å². The molecule has 5 heteroatoms. The largest absolute Gasteiger partial charge is 0.352 e. The number of aromatic amines is 1. The van der Waals surface area contributed by atoms with Crippen LogP contribution in [-0.4, -0.2) is 46.7 Å². The maximum atomic E-state index is 11.9. The van der Waals surface area contributed by atoms with E-state index >= 15 is 0 Å². The summed E-state index contributed by atoms with van der Waals surface area (Å²) in [5.41, 5.74) is 1.49. The molecular formula is C13H20N4O. The Bertz CT molecular complexity index is 438. The highest BCUT2D eigenvalue weighted by Crippen LogP contribution is 2.31. The number of carbonyl (C=O) groups is 1. The van der Waals surface area contributed by atoms with Crippen molar-refractivity contribution in [2.75, 3.05) is 19.6 Å². The van der Waals surface area contributed by atoms with Crippen molar-refractivity contribution in [2.45, 2.75) is 32.2 Å². The van der Waals surface area contributed by atoms with Gasteiger partial charge in [0.1, 0.15) is 0 Å². The predicted molar refractivity (Wildman–Crippen MR) is 68.4 cm³/mol. The molecule has 0 spiro atoms. The lowest BCUT2D eigenvalue weighted by molar-refractivity contribution is 0.0947. The van der Waals surface area contributed by atoms with Crippen LogP contribution in [0.1, 0.15) is 35.3 Å². The summed E-state index contributed by atoms with van der Waals surface area (Å²) in [5.74, 6) is 0.605. The Balaban J connectivity index is 1.47. The molecule has 1 unspecified atom stereocenters. The Labute approximate surface area is 107 Å². The van der Waals surface area contributed by atoms with Gasteiger partial charge in [-0.1, -0.05) is 0 Å². The lowest BCUT2D eigenvalue weighted by Gasteiger charge is -2.15. The Morgan fingerprint density at radius 2 is 2.39 bits per heavy atom. The van der Waals surface area contributed by atoms with Crippen LogP contribution in [0.25, 0.3) is 0 Å². The molecule has 18 heavy (non-hydrogen) atoms. The van der Waals surface area contributed by atoms with Crippen LogP contribution in [-0.2, 0) is 0 Å². The predicted octanol–water partition coefficient (Wildman–Crippen LogP) is 0.932. The zero-order valence-electron chi connectivity index (χ0n) is 10.8. The molecule has 1 aliphatic carbocycles. The fourth-order valence-corrected chi connectivity index (χ4v) is 2.71. The normalized spacial score (nSPS) is 24.4. The van der Waals surface area contributed by atoms with E-state index in [1.807, 2.05) is 6.92 Å². The smallest absolute Gasteiger partial charge is 0.254 e. The van der Waals surface area contributed by atoms with Gasteiger partial charge in [-0.2, -0.15) is 5.10 Å². The minimum atomic E-state index is -0.00822. The summed E-state index contributed by atoms with van der Waals surface area (Å²) in [6.45, 7) is 5.00. The molecular weight excluding hydrogens is 228 g/mol. The fourth-order valence-electron chi connectivity index (χ4n) is 2.71. The van der Waals surface area contributed by atoms with Crippen molar-refractivity contribution in [3.8, 4) is 0 Å². The van der Waals surface area contributed by atoms with E-state index in [4.69, 9.17) is 0 Å². The van der Waals surface area contributed by atoms with Gasteiger partial charge in [0.15, 0.2) is 0 Å². The molecule has 1 aliphatic heterocycles. The average Bonchev–Trinajstić information content (AvgIpc) is 2.95. The molecule has 1 amide bonds. The number of aryl methyl sites for hydroxylation is 1. The second-order valence-corrected chi connectivity index (χ2v) is 5.50. The molecule has 1 saturated carbocycles. The van der Waals surface area contributed by atoms with E-state index < -0.39 is 0 Å². The van der Waals surface area contributed by atoms with Crippen LogP contribution in [0.4, 0.5) is 0 Å². The van der Waals surface area contributed by atoms with Crippen LogP contribution in [0.5, 0.6) is 0 Å². The molecule has 2 N–H and O–H groups in total. The van der Waals surface area contributed by atoms with Gasteiger partial charge >= 0.3 is 0 Å². The van der Waals surface area contributed by atoms with Crippen LogP contribution in [0, 0.1) is 12.8 Å². The Kier molecular flexibility index (Phi) is 3.07. The van der Waals surface area contributed by atoms with Crippen molar-refractivity contribution in [1.29, 1.82) is 0 Å². The third-order valence-electron chi connectivity index (χ3n) is 4.01. The van der Waals surface area contributed by atoms with Gasteiger partial charge in [0.2, 0.25) is 0 Å². The van der Waals surface area contributed by atoms with Crippen molar-refractivity contribution < 1.29 is 4.79 Å². The molecule has 2 aliphatic rings. The van der Waals surface area contributed by atoms with Crippen molar-refractivity contribution in [3.63, 3.8) is 0 Å². The first-order valence-corrected chi connectivity index (χ1v) is 6.76. The number of nitrogens with one attached hydrogen (secondary N) is 2. The van der Waals surface area contributed by atoms with E-state index in [0.29, 0.717) is 11.5 Å². The molecule has 1 atom stereocenters. The second kappa shape index (κ2) is 4.72. The van der Waals surface area contributed by atoms with Crippen LogP contribution in [0.2, 0.25) is 0 Å². The topological polar surface area (TPSA) is 61.0 Å². The minimum Gasteiger partial charge on any atom is -0.352 e. The first-order valence-electron chi connectivity index (χ1n) is 6.76. The van der Waals surface area contributed by atoms with Crippen LogP contribution < -0.4 is 5.32 Å². The minimum absolute atomic E-state index is 0.00822. The van der Waals surface area contributed by atoms with Gasteiger partial charge in [0.05, 0.1) is 11.8 Å². The summed E-state index contributed by atoms with van der Waals surface area (Å²) in [6, 6.07) is 0.849. The second-order valence-electron chi connectivity index (χ2n) is 5.50. The number of hydrogen-bond acceptors (Lipinski definition) is 3. The number of rotatable bonds is 4. The monoisotopic (exact) mass is 248 g/mol. The number of H-pyrrole nitrogens is 1. The van der Waals surface area contributed by atoms with E-state index in [9.17, 15) is 4.79 Å². The van der Waals surface area contributed by atoms with E-state index in [-0.39, 0.29) is 5.91 Å². The number of nitrogens with zero attached hydrogens (tertiary/aromatic N) is 2. The summed E-state index contributed by atoms with van der Waals surface area (Å²) in [4.78, 5) is 14.5. The molecule has 1 aromatic heterocycles. The van der Waals surface area contributed by atoms with Crippen molar-refractivity contribution in [1.82, 2.24) is 20.4 Å². The van der Waals surface area contributed by atoms with E-state index in [2.05, 4.69) is 20.4 Å². The Morgan fingerprint density at radius 3 is 3.06 bits per heavy atom. The van der Waals surface area contributed by atoms with Crippen molar-refractivity contribution in [2.24, 2.45) is 5.92 Å². The third-order valence-corrected chi connectivity index (χ3v) is 4.01. The highest BCUT2D eigenvalue weighted by atomic mass is 16.1. The average molecular weight is 248 g/mol. The first kappa shape index (κ1) is 11.7. The lowest BCUT2D eigenvalue weighted by Crippen LogP contribution is -2.31. The molecule has 0 radical (unpaired) electrons. The number of likely N-dealkylation sites (tertiary alicyclic amines) is 1. The summed E-state index contributed by atoms with van der Waals surface area (Å²) >= 11 is 0. The van der Waals surface area contributed by atoms with Crippen LogP contribution >= 0.6 is 0 Å². The van der Waals surface area contributed by atoms with Gasteiger partial charge in [-0.05, 0) is 38.6 Å². The van der Waals surface area contributed by atoms with Gasteiger partial charge in [0.25, 0.3) is 5.91 Å². The summed E-state index contributed by atoms with van der Waals surface area (Å²) in [7, 11) is 0. The van der Waals surface area contributed by atoms with Gasteiger partial charge in [-0.15, -0.1) is 0 Å². The fraction of sp³-hybridized carbons (Fsp3) is 0.692. The lowest BCUT2D eigenvalue weighted by atomic mass is 10.1. The summed E-state index contributed by atoms with van der Waals surface area (Å²) in [5, 5.41) is 9.68. The Morgan fingerprint density at radius 1 is 1.56 bits per heavy atom. The molecule has 2 heterocycles. The van der Waals surface area contributed by atoms with Gasteiger partial charge in [-0.3, -0.25) is 9.89 Å². The van der Waals surface area contributed by atoms with Gasteiger partial charge in [-0.25, -0.2) is 0 Å². The van der Waals surface area contributed by atoms with Crippen LogP contribution in [0.15, 0.2) is 6.20 Å². The van der Waals surface area contributed by atoms with Gasteiger partial charge < -0.3 is 10.2 Å².